The number of benzene rings is 1. The molecule has 0 atom stereocenters. The maximum Gasteiger partial charge on any atom is 0.442 e. The summed E-state index contributed by atoms with van der Waals surface area (Å²) in [7, 11) is 0. The van der Waals surface area contributed by atoms with Gasteiger partial charge in [-0.25, -0.2) is 9.18 Å². The van der Waals surface area contributed by atoms with E-state index in [1.165, 1.54) is 6.07 Å². The molecule has 0 bridgehead atoms. The molecule has 2 aromatic rings. The lowest BCUT2D eigenvalue weighted by Crippen LogP contribution is -2.16. The monoisotopic (exact) mass is 328 g/mol. The second kappa shape index (κ2) is 5.76. The Morgan fingerprint density at radius 3 is 2.50 bits per heavy atom. The number of nitrogens with zero attached hydrogens (tertiary/aromatic N) is 2. The third kappa shape index (κ3) is 3.32. The standard InChI is InChI=1S/C15H18ClFN2O3/c1-8(2)21-12-7-11(10(17)6-9(12)16)19-14(20)22-13(18-19)15(3,4)5/h6-8H,1-5H3. The van der Waals surface area contributed by atoms with Gasteiger partial charge in [0.2, 0.25) is 5.89 Å². The van der Waals surface area contributed by atoms with Gasteiger partial charge in [0.25, 0.3) is 0 Å². The molecule has 7 heteroatoms. The maximum atomic E-state index is 14.2. The van der Waals surface area contributed by atoms with E-state index in [-0.39, 0.29) is 28.5 Å². The van der Waals surface area contributed by atoms with Gasteiger partial charge in [0.05, 0.1) is 11.1 Å². The highest BCUT2D eigenvalue weighted by Gasteiger charge is 2.24. The van der Waals surface area contributed by atoms with E-state index in [0.29, 0.717) is 0 Å². The first-order chi connectivity index (χ1) is 10.1. The number of hydrogen-bond acceptors (Lipinski definition) is 4. The van der Waals surface area contributed by atoms with Crippen molar-refractivity contribution in [2.75, 3.05) is 0 Å². The predicted octanol–water partition coefficient (Wildman–Crippen LogP) is 3.70. The van der Waals surface area contributed by atoms with E-state index in [1.807, 2.05) is 34.6 Å². The van der Waals surface area contributed by atoms with Gasteiger partial charge in [-0.2, -0.15) is 4.68 Å². The minimum Gasteiger partial charge on any atom is -0.489 e. The van der Waals surface area contributed by atoms with Gasteiger partial charge in [-0.1, -0.05) is 32.4 Å². The Kier molecular flexibility index (Phi) is 4.33. The molecule has 0 fully saturated rings. The Balaban J connectivity index is 2.58. The molecule has 0 aliphatic heterocycles. The highest BCUT2D eigenvalue weighted by molar-refractivity contribution is 6.32. The fraction of sp³-hybridized carbons (Fsp3) is 0.467. The average Bonchev–Trinajstić information content (AvgIpc) is 2.74. The van der Waals surface area contributed by atoms with Crippen molar-refractivity contribution in [2.45, 2.75) is 46.1 Å². The van der Waals surface area contributed by atoms with Crippen molar-refractivity contribution in [2.24, 2.45) is 0 Å². The zero-order valence-electron chi connectivity index (χ0n) is 13.1. The lowest BCUT2D eigenvalue weighted by Gasteiger charge is -2.13. The Morgan fingerprint density at radius 1 is 1.36 bits per heavy atom. The topological polar surface area (TPSA) is 57.3 Å². The third-order valence-electron chi connectivity index (χ3n) is 2.78. The molecule has 1 aromatic heterocycles. The molecule has 0 amide bonds. The molecular weight excluding hydrogens is 311 g/mol. The van der Waals surface area contributed by atoms with E-state index in [4.69, 9.17) is 20.8 Å². The van der Waals surface area contributed by atoms with E-state index in [0.717, 1.165) is 10.7 Å². The summed E-state index contributed by atoms with van der Waals surface area (Å²) >= 11 is 5.95. The van der Waals surface area contributed by atoms with E-state index >= 15 is 0 Å². The van der Waals surface area contributed by atoms with Crippen LogP contribution in [0.4, 0.5) is 4.39 Å². The Morgan fingerprint density at radius 2 is 2.00 bits per heavy atom. The van der Waals surface area contributed by atoms with Crippen LogP contribution in [0.3, 0.4) is 0 Å². The molecule has 22 heavy (non-hydrogen) atoms. The first kappa shape index (κ1) is 16.5. The van der Waals surface area contributed by atoms with Crippen LogP contribution in [0.5, 0.6) is 5.75 Å². The fourth-order valence-electron chi connectivity index (χ4n) is 1.76. The minimum atomic E-state index is -0.762. The Labute approximate surface area is 132 Å². The highest BCUT2D eigenvalue weighted by Crippen LogP contribution is 2.30. The van der Waals surface area contributed by atoms with E-state index in [1.54, 1.807) is 0 Å². The molecule has 0 unspecified atom stereocenters. The molecule has 0 aliphatic rings. The molecule has 2 rings (SSSR count). The van der Waals surface area contributed by atoms with Gasteiger partial charge in [0, 0.05) is 11.5 Å². The largest absolute Gasteiger partial charge is 0.489 e. The molecule has 120 valence electrons. The molecule has 0 radical (unpaired) electrons. The van der Waals surface area contributed by atoms with Crippen molar-refractivity contribution < 1.29 is 13.5 Å². The first-order valence-electron chi connectivity index (χ1n) is 6.86. The van der Waals surface area contributed by atoms with Crippen molar-refractivity contribution >= 4 is 11.6 Å². The summed E-state index contributed by atoms with van der Waals surface area (Å²) in [5.41, 5.74) is -0.533. The molecule has 0 aliphatic carbocycles. The first-order valence-corrected chi connectivity index (χ1v) is 7.24. The number of halogens is 2. The van der Waals surface area contributed by atoms with E-state index < -0.39 is 17.0 Å². The van der Waals surface area contributed by atoms with Gasteiger partial charge in [0.1, 0.15) is 11.4 Å². The van der Waals surface area contributed by atoms with Crippen LogP contribution in [-0.2, 0) is 5.41 Å². The van der Waals surface area contributed by atoms with Crippen LogP contribution in [0, 0.1) is 5.82 Å². The van der Waals surface area contributed by atoms with Crippen LogP contribution in [0.25, 0.3) is 5.69 Å². The van der Waals surface area contributed by atoms with Crippen LogP contribution in [0.1, 0.15) is 40.5 Å². The van der Waals surface area contributed by atoms with Crippen LogP contribution in [-0.4, -0.2) is 15.9 Å². The SMILES string of the molecule is CC(C)Oc1cc(-n2nc(C(C)(C)C)oc2=O)c(F)cc1Cl. The number of hydrogen-bond donors (Lipinski definition) is 0. The summed E-state index contributed by atoms with van der Waals surface area (Å²) in [5, 5.41) is 4.19. The second-order valence-corrected chi connectivity index (χ2v) is 6.64. The van der Waals surface area contributed by atoms with Crippen molar-refractivity contribution in [3.05, 3.63) is 39.4 Å². The van der Waals surface area contributed by atoms with Crippen LogP contribution in [0.2, 0.25) is 5.02 Å². The minimum absolute atomic E-state index is 0.0655. The van der Waals surface area contributed by atoms with Gasteiger partial charge in [-0.15, -0.1) is 5.10 Å². The lowest BCUT2D eigenvalue weighted by molar-refractivity contribution is 0.242. The van der Waals surface area contributed by atoms with Crippen molar-refractivity contribution in [3.63, 3.8) is 0 Å². The van der Waals surface area contributed by atoms with Gasteiger partial charge < -0.3 is 9.15 Å². The zero-order chi connectivity index (χ0) is 16.7. The van der Waals surface area contributed by atoms with Crippen LogP contribution >= 0.6 is 11.6 Å². The summed E-state index contributed by atoms with van der Waals surface area (Å²) < 4.78 is 25.6. The third-order valence-corrected chi connectivity index (χ3v) is 3.08. The fourth-order valence-corrected chi connectivity index (χ4v) is 1.95. The summed E-state index contributed by atoms with van der Waals surface area (Å²) in [4.78, 5) is 12.0. The molecule has 0 saturated heterocycles. The predicted molar refractivity (Wildman–Crippen MR) is 81.5 cm³/mol. The van der Waals surface area contributed by atoms with Crippen LogP contribution < -0.4 is 10.5 Å². The Hall–Kier alpha value is -1.82. The Bertz CT molecular complexity index is 744. The van der Waals surface area contributed by atoms with E-state index in [9.17, 15) is 9.18 Å². The molecule has 0 N–H and O–H groups in total. The van der Waals surface area contributed by atoms with Gasteiger partial charge in [-0.3, -0.25) is 0 Å². The van der Waals surface area contributed by atoms with Crippen LogP contribution in [0.15, 0.2) is 21.3 Å². The van der Waals surface area contributed by atoms with Crippen molar-refractivity contribution in [3.8, 4) is 11.4 Å². The molecule has 1 heterocycles. The molecule has 1 aromatic carbocycles. The van der Waals surface area contributed by atoms with Crippen molar-refractivity contribution in [1.82, 2.24) is 9.78 Å². The summed E-state index contributed by atoms with van der Waals surface area (Å²) in [6.07, 6.45) is -0.144. The zero-order valence-corrected chi connectivity index (χ0v) is 13.9. The summed E-state index contributed by atoms with van der Waals surface area (Å²) in [5.74, 6) is -0.947. The highest BCUT2D eigenvalue weighted by atomic mass is 35.5. The summed E-state index contributed by atoms with van der Waals surface area (Å²) in [6, 6.07) is 2.43. The summed E-state index contributed by atoms with van der Waals surface area (Å²) in [6.45, 7) is 9.16. The van der Waals surface area contributed by atoms with Crippen molar-refractivity contribution in [1.29, 1.82) is 0 Å². The number of ether oxygens (including phenoxy) is 1. The maximum absolute atomic E-state index is 14.2. The normalized spacial score (nSPS) is 12.0. The van der Waals surface area contributed by atoms with Gasteiger partial charge in [0.15, 0.2) is 5.82 Å². The lowest BCUT2D eigenvalue weighted by atomic mass is 9.97. The molecule has 0 spiro atoms. The number of aromatic nitrogens is 2. The van der Waals surface area contributed by atoms with Gasteiger partial charge in [-0.05, 0) is 19.9 Å². The molecular formula is C15H18ClFN2O3. The van der Waals surface area contributed by atoms with Gasteiger partial charge >= 0.3 is 5.76 Å². The average molecular weight is 329 g/mol. The smallest absolute Gasteiger partial charge is 0.442 e. The molecule has 5 nitrogen and oxygen atoms in total. The second-order valence-electron chi connectivity index (χ2n) is 6.24. The quantitative estimate of drug-likeness (QED) is 0.862. The number of rotatable bonds is 3. The molecule has 0 saturated carbocycles. The van der Waals surface area contributed by atoms with E-state index in [2.05, 4.69) is 5.10 Å².